The van der Waals surface area contributed by atoms with Gasteiger partial charge in [0.05, 0.1) is 18.3 Å². The summed E-state index contributed by atoms with van der Waals surface area (Å²) in [6.45, 7) is 12.9. The number of carbonyl (C=O) groups is 1. The van der Waals surface area contributed by atoms with Crippen LogP contribution in [0.3, 0.4) is 0 Å². The molecule has 3 unspecified atom stereocenters. The minimum atomic E-state index is -4.15. The number of aromatic nitrogens is 2. The molecule has 3 atom stereocenters. The van der Waals surface area contributed by atoms with Crippen LogP contribution in [-0.4, -0.2) is 96.1 Å². The van der Waals surface area contributed by atoms with Crippen LogP contribution >= 0.6 is 11.8 Å². The van der Waals surface area contributed by atoms with E-state index in [4.69, 9.17) is 23.9 Å². The molecule has 11 nitrogen and oxygen atoms in total. The molecule has 7 rings (SSSR count). The van der Waals surface area contributed by atoms with Gasteiger partial charge in [-0.15, -0.1) is 11.8 Å². The number of fused-ring (bicyclic) bond motifs is 1. The smallest absolute Gasteiger partial charge is 0.389 e. The van der Waals surface area contributed by atoms with Crippen molar-refractivity contribution in [1.29, 1.82) is 0 Å². The third-order valence-electron chi connectivity index (χ3n) is 11.8. The maximum Gasteiger partial charge on any atom is 0.389 e. The number of hydrogen-bond donors (Lipinski definition) is 2. The number of halogens is 3. The molecule has 57 heavy (non-hydrogen) atoms. The van der Waals surface area contributed by atoms with E-state index in [1.165, 1.54) is 11.8 Å². The van der Waals surface area contributed by atoms with Crippen molar-refractivity contribution in [3.63, 3.8) is 0 Å². The van der Waals surface area contributed by atoms with E-state index >= 15 is 0 Å². The van der Waals surface area contributed by atoms with E-state index in [1.54, 1.807) is 0 Å². The van der Waals surface area contributed by atoms with Gasteiger partial charge in [-0.1, -0.05) is 0 Å². The summed E-state index contributed by atoms with van der Waals surface area (Å²) >= 11 is 1.46. The number of thioether (sulfide) groups is 1. The van der Waals surface area contributed by atoms with Gasteiger partial charge < -0.3 is 34.1 Å². The molecule has 3 fully saturated rings. The van der Waals surface area contributed by atoms with Crippen LogP contribution in [-0.2, 0) is 16.0 Å². The van der Waals surface area contributed by atoms with E-state index < -0.39 is 18.4 Å². The monoisotopic (exact) mass is 813 g/mol. The van der Waals surface area contributed by atoms with Crippen LogP contribution in [0.1, 0.15) is 86.5 Å². The Labute approximate surface area is 336 Å². The summed E-state index contributed by atoms with van der Waals surface area (Å²) in [6.07, 6.45) is 2.47. The Bertz CT molecular complexity index is 1970. The quantitative estimate of drug-likeness (QED) is 0.142. The first kappa shape index (κ1) is 41.4. The lowest BCUT2D eigenvalue weighted by Gasteiger charge is -2.47. The van der Waals surface area contributed by atoms with E-state index in [0.717, 1.165) is 73.8 Å². The van der Waals surface area contributed by atoms with Gasteiger partial charge in [-0.3, -0.25) is 14.5 Å². The molecule has 0 bridgehead atoms. The molecule has 1 aliphatic carbocycles. The van der Waals surface area contributed by atoms with Crippen molar-refractivity contribution >= 4 is 23.5 Å². The number of amides is 1. The van der Waals surface area contributed by atoms with Crippen molar-refractivity contribution < 1.29 is 36.9 Å². The largest absolute Gasteiger partial charge is 0.448 e. The zero-order valence-electron chi connectivity index (χ0n) is 33.6. The Morgan fingerprint density at radius 1 is 1.05 bits per heavy atom. The van der Waals surface area contributed by atoms with Gasteiger partial charge in [-0.2, -0.15) is 13.2 Å². The number of ether oxygens (including phenoxy) is 4. The summed E-state index contributed by atoms with van der Waals surface area (Å²) < 4.78 is 62.8. The first-order valence-corrected chi connectivity index (χ1v) is 21.2. The number of H-pyrrole nitrogens is 1. The van der Waals surface area contributed by atoms with Gasteiger partial charge in [0.2, 0.25) is 0 Å². The third-order valence-corrected chi connectivity index (χ3v) is 12.6. The number of nitrogens with one attached hydrogen (secondary N) is 2. The van der Waals surface area contributed by atoms with Crippen molar-refractivity contribution in [1.82, 2.24) is 20.2 Å². The standard InChI is InChI=1S/C42H54F3N5O6S/c1-24-16-35(57-6)34(40(52)48-24)19-47-39(51)32-17-33(28-8-13-36(46-18-28)50-20-25(2)54-26(3)21-50)38-37(27(32)4)55-41(5,56-38)29-9-11-30(12-10-29)49-22-31(23-49)53-15-7-14-42(43,44)45/h8,13,16-18,25-26,29-31H,7,9-12,14-15,19-23H2,1-6H3,(H,47,51)(H,48,52). The molecule has 1 saturated carbocycles. The second kappa shape index (κ2) is 16.8. The minimum absolute atomic E-state index is 0.0119. The lowest BCUT2D eigenvalue weighted by Crippen LogP contribution is -2.58. The molecule has 2 N–H and O–H groups in total. The van der Waals surface area contributed by atoms with Gasteiger partial charge in [0.1, 0.15) is 5.82 Å². The Hall–Kier alpha value is -3.79. The number of benzene rings is 1. The summed E-state index contributed by atoms with van der Waals surface area (Å²) in [7, 11) is 0. The predicted molar refractivity (Wildman–Crippen MR) is 213 cm³/mol. The molecule has 4 aliphatic rings. The maximum absolute atomic E-state index is 14.0. The van der Waals surface area contributed by atoms with E-state index in [-0.39, 0.29) is 55.3 Å². The summed E-state index contributed by atoms with van der Waals surface area (Å²) in [5.74, 6) is 0.704. The Morgan fingerprint density at radius 2 is 1.75 bits per heavy atom. The maximum atomic E-state index is 14.0. The van der Waals surface area contributed by atoms with Crippen molar-refractivity contribution in [3.05, 3.63) is 63.2 Å². The van der Waals surface area contributed by atoms with Crippen molar-refractivity contribution in [2.75, 3.05) is 43.9 Å². The molecule has 2 saturated heterocycles. The van der Waals surface area contributed by atoms with Gasteiger partial charge in [-0.05, 0) is 90.3 Å². The summed E-state index contributed by atoms with van der Waals surface area (Å²) in [4.78, 5) is 40.0. The first-order chi connectivity index (χ1) is 27.1. The van der Waals surface area contributed by atoms with Crippen LogP contribution < -0.4 is 25.2 Å². The van der Waals surface area contributed by atoms with Crippen molar-refractivity contribution in [2.45, 2.75) is 121 Å². The van der Waals surface area contributed by atoms with E-state index in [2.05, 4.69) is 33.9 Å². The number of aromatic amines is 1. The second-order valence-corrected chi connectivity index (χ2v) is 17.1. The zero-order chi connectivity index (χ0) is 40.6. The zero-order valence-corrected chi connectivity index (χ0v) is 34.4. The molecule has 1 aromatic carbocycles. The molecule has 15 heteroatoms. The number of nitrogens with zero attached hydrogens (tertiary/aromatic N) is 3. The van der Waals surface area contributed by atoms with Gasteiger partial charge in [0, 0.05) is 109 Å². The number of likely N-dealkylation sites (tertiary alicyclic amines) is 1. The normalized spacial score (nSPS) is 25.4. The Morgan fingerprint density at radius 3 is 2.40 bits per heavy atom. The molecule has 3 aromatic rings. The number of pyridine rings is 2. The average molecular weight is 814 g/mol. The average Bonchev–Trinajstić information content (AvgIpc) is 3.52. The molecular weight excluding hydrogens is 760 g/mol. The third kappa shape index (κ3) is 9.26. The Balaban J connectivity index is 1.08. The number of morpholine rings is 1. The topological polar surface area (TPSA) is 118 Å². The number of alkyl halides is 3. The molecule has 2 aromatic heterocycles. The minimum Gasteiger partial charge on any atom is -0.448 e. The SMILES string of the molecule is CSc1cc(C)[nH]c(=O)c1CNC(=O)c1cc(-c2ccc(N3CC(C)OC(C)C3)nc2)c2c(c1C)OC(C)(C1CCC(N3CC(OCCCC(F)(F)F)C3)CC1)O2. The highest BCUT2D eigenvalue weighted by atomic mass is 32.2. The fourth-order valence-electron chi connectivity index (χ4n) is 8.76. The van der Waals surface area contributed by atoms with Crippen molar-refractivity contribution in [2.24, 2.45) is 5.92 Å². The van der Waals surface area contributed by atoms with Gasteiger partial charge in [0.25, 0.3) is 17.3 Å². The second-order valence-electron chi connectivity index (χ2n) is 16.2. The van der Waals surface area contributed by atoms with Crippen molar-refractivity contribution in [3.8, 4) is 22.6 Å². The highest BCUT2D eigenvalue weighted by Crippen LogP contribution is 2.53. The van der Waals surface area contributed by atoms with Gasteiger partial charge in [-0.25, -0.2) is 4.98 Å². The highest BCUT2D eigenvalue weighted by molar-refractivity contribution is 7.98. The lowest BCUT2D eigenvalue weighted by molar-refractivity contribution is -0.144. The summed E-state index contributed by atoms with van der Waals surface area (Å²) in [6, 6.07) is 8.10. The molecule has 310 valence electrons. The molecule has 1 amide bonds. The summed E-state index contributed by atoms with van der Waals surface area (Å²) in [5, 5.41) is 2.99. The van der Waals surface area contributed by atoms with Crippen LogP contribution in [0.25, 0.3) is 11.1 Å². The number of aryl methyl sites for hydroxylation is 1. The van der Waals surface area contributed by atoms with Crippen LogP contribution in [0.15, 0.2) is 40.2 Å². The lowest BCUT2D eigenvalue weighted by atomic mass is 9.80. The fraction of sp³-hybridized carbons (Fsp3) is 0.595. The van der Waals surface area contributed by atoms with Gasteiger partial charge >= 0.3 is 6.18 Å². The van der Waals surface area contributed by atoms with E-state index in [9.17, 15) is 22.8 Å². The van der Waals surface area contributed by atoms with E-state index in [1.807, 2.05) is 57.5 Å². The van der Waals surface area contributed by atoms with Crippen LogP contribution in [0.2, 0.25) is 0 Å². The van der Waals surface area contributed by atoms with Crippen LogP contribution in [0.5, 0.6) is 11.5 Å². The number of anilines is 1. The number of hydrogen-bond acceptors (Lipinski definition) is 10. The van der Waals surface area contributed by atoms with Crippen LogP contribution in [0, 0.1) is 19.8 Å². The predicted octanol–water partition coefficient (Wildman–Crippen LogP) is 7.41. The number of rotatable bonds is 12. The summed E-state index contributed by atoms with van der Waals surface area (Å²) in [5.41, 5.74) is 3.56. The molecule has 0 spiro atoms. The molecular formula is C42H54F3N5O6S. The number of carbonyl (C=O) groups excluding carboxylic acids is 1. The molecule has 5 heterocycles. The Kier molecular flexibility index (Phi) is 12.2. The van der Waals surface area contributed by atoms with Gasteiger partial charge in [0.15, 0.2) is 11.5 Å². The van der Waals surface area contributed by atoms with E-state index in [0.29, 0.717) is 39.8 Å². The highest BCUT2D eigenvalue weighted by Gasteiger charge is 2.49. The molecule has 0 radical (unpaired) electrons. The fourth-order valence-corrected chi connectivity index (χ4v) is 9.46. The van der Waals surface area contributed by atoms with Crippen LogP contribution in [0.4, 0.5) is 19.0 Å². The first-order valence-electron chi connectivity index (χ1n) is 20.0. The molecule has 3 aliphatic heterocycles.